The molecule has 3 aliphatic heterocycles. The molecule has 0 unspecified atom stereocenters. The molecule has 0 amide bonds. The maximum absolute atomic E-state index is 14.6. The van der Waals surface area contributed by atoms with E-state index in [-0.39, 0.29) is 10.6 Å². The molecule has 0 radical (unpaired) electrons. The van der Waals surface area contributed by atoms with Gasteiger partial charge in [-0.15, -0.1) is 0 Å². The molecule has 0 spiro atoms. The second kappa shape index (κ2) is 10.1. The Hall–Kier alpha value is -2.94. The molecule has 37 heavy (non-hydrogen) atoms. The number of hydrogen-bond donors (Lipinski definition) is 0. The number of aliphatic imine (C=N–C) groups is 1. The number of pyridine rings is 2. The first-order valence-corrected chi connectivity index (χ1v) is 13.2. The lowest BCUT2D eigenvalue weighted by Crippen LogP contribution is -2.52. The van der Waals surface area contributed by atoms with Gasteiger partial charge in [0.15, 0.2) is 0 Å². The van der Waals surface area contributed by atoms with Crippen LogP contribution >= 0.6 is 11.6 Å². The highest BCUT2D eigenvalue weighted by atomic mass is 35.5. The minimum atomic E-state index is -0.790. The predicted molar refractivity (Wildman–Crippen MR) is 145 cm³/mol. The van der Waals surface area contributed by atoms with E-state index in [0.29, 0.717) is 29.6 Å². The van der Waals surface area contributed by atoms with Crippen LogP contribution in [0.3, 0.4) is 0 Å². The van der Waals surface area contributed by atoms with Gasteiger partial charge >= 0.3 is 0 Å². The van der Waals surface area contributed by atoms with Gasteiger partial charge in [0.05, 0.1) is 45.9 Å². The number of anilines is 1. The molecular formula is C28H29ClF2N6. The Bertz CT molecular complexity index is 1390. The van der Waals surface area contributed by atoms with Crippen LogP contribution in [0.25, 0.3) is 16.6 Å². The van der Waals surface area contributed by atoms with E-state index in [1.165, 1.54) is 6.07 Å². The van der Waals surface area contributed by atoms with E-state index in [1.807, 2.05) is 24.4 Å². The average molecular weight is 523 g/mol. The van der Waals surface area contributed by atoms with Gasteiger partial charge in [0.2, 0.25) is 0 Å². The summed E-state index contributed by atoms with van der Waals surface area (Å²) >= 11 is 5.94. The first-order valence-electron chi connectivity index (χ1n) is 12.8. The molecule has 2 fully saturated rings. The number of hydrogen-bond acceptors (Lipinski definition) is 6. The topological polar surface area (TPSA) is 47.9 Å². The van der Waals surface area contributed by atoms with Crippen molar-refractivity contribution < 1.29 is 8.78 Å². The Morgan fingerprint density at radius 3 is 2.49 bits per heavy atom. The average Bonchev–Trinajstić information content (AvgIpc) is 3.40. The summed E-state index contributed by atoms with van der Waals surface area (Å²) in [6.07, 6.45) is 6.12. The maximum atomic E-state index is 14.6. The van der Waals surface area contributed by atoms with E-state index >= 15 is 0 Å². The molecule has 0 N–H and O–H groups in total. The van der Waals surface area contributed by atoms with Gasteiger partial charge in [-0.1, -0.05) is 17.7 Å². The van der Waals surface area contributed by atoms with Gasteiger partial charge in [-0.3, -0.25) is 14.9 Å². The molecule has 2 aromatic heterocycles. The van der Waals surface area contributed by atoms with Crippen LogP contribution in [0.5, 0.6) is 0 Å². The summed E-state index contributed by atoms with van der Waals surface area (Å²) in [5.41, 5.74) is 4.64. The third-order valence-electron chi connectivity index (χ3n) is 7.75. The third kappa shape index (κ3) is 4.85. The van der Waals surface area contributed by atoms with E-state index in [2.05, 4.69) is 37.8 Å². The van der Waals surface area contributed by atoms with Crippen LogP contribution in [-0.4, -0.2) is 84.4 Å². The van der Waals surface area contributed by atoms with Crippen molar-refractivity contribution in [2.75, 3.05) is 57.8 Å². The van der Waals surface area contributed by atoms with Gasteiger partial charge in [-0.25, -0.2) is 13.8 Å². The lowest BCUT2D eigenvalue weighted by Gasteiger charge is -2.42. The molecule has 5 heterocycles. The Kier molecular flexibility index (Phi) is 6.65. The zero-order valence-corrected chi connectivity index (χ0v) is 21.6. The fourth-order valence-corrected chi connectivity index (χ4v) is 5.73. The second-order valence-electron chi connectivity index (χ2n) is 10.0. The Morgan fingerprint density at radius 2 is 1.70 bits per heavy atom. The molecule has 6 nitrogen and oxygen atoms in total. The minimum absolute atomic E-state index is 0.137. The first-order chi connectivity index (χ1) is 18.0. The lowest BCUT2D eigenvalue weighted by atomic mass is 9.99. The Labute approximate surface area is 220 Å². The van der Waals surface area contributed by atoms with Crippen LogP contribution in [0, 0.1) is 11.6 Å². The molecule has 0 atom stereocenters. The fraction of sp³-hybridized carbons (Fsp3) is 0.393. The first kappa shape index (κ1) is 24.4. The monoisotopic (exact) mass is 522 g/mol. The molecular weight excluding hydrogens is 494 g/mol. The van der Waals surface area contributed by atoms with Crippen LogP contribution in [0.15, 0.2) is 47.6 Å². The number of nitrogens with zero attached hydrogens (tertiary/aromatic N) is 6. The lowest BCUT2D eigenvalue weighted by molar-refractivity contribution is 0.0982. The largest absolute Gasteiger partial charge is 0.370 e. The van der Waals surface area contributed by atoms with Crippen molar-refractivity contribution in [1.82, 2.24) is 19.8 Å². The highest BCUT2D eigenvalue weighted by Gasteiger charge is 2.27. The summed E-state index contributed by atoms with van der Waals surface area (Å²) < 4.78 is 28.3. The van der Waals surface area contributed by atoms with E-state index in [0.717, 1.165) is 74.9 Å². The van der Waals surface area contributed by atoms with E-state index in [1.54, 1.807) is 0 Å². The number of allylic oxidation sites excluding steroid dienone is 1. The zero-order chi connectivity index (χ0) is 25.5. The fourth-order valence-electron chi connectivity index (χ4n) is 5.57. The van der Waals surface area contributed by atoms with Crippen LogP contribution in [0.2, 0.25) is 5.02 Å². The van der Waals surface area contributed by atoms with Gasteiger partial charge < -0.3 is 9.80 Å². The standard InChI is InChI=1S/C28H29ClF2N6/c1-35-10-12-37(13-11-35)18-5-8-36(9-6-18)19-14-27-26(33-17-19)3-2-25(34-27)20-4-7-32-28(20)21-15-22(29)24(31)16-23(21)30/h2-4,14-18H,5-13H2,1H3. The second-order valence-corrected chi connectivity index (χ2v) is 10.4. The molecule has 1 aromatic carbocycles. The van der Waals surface area contributed by atoms with Gasteiger partial charge in [0.1, 0.15) is 11.6 Å². The van der Waals surface area contributed by atoms with Crippen molar-refractivity contribution in [3.05, 3.63) is 70.5 Å². The van der Waals surface area contributed by atoms with Crippen molar-refractivity contribution in [2.24, 2.45) is 4.99 Å². The summed E-state index contributed by atoms with van der Waals surface area (Å²) in [6.45, 7) is 6.99. The van der Waals surface area contributed by atoms with Crippen LogP contribution in [-0.2, 0) is 0 Å². The molecule has 2 saturated heterocycles. The molecule has 9 heteroatoms. The van der Waals surface area contributed by atoms with Gasteiger partial charge in [-0.05, 0) is 44.2 Å². The summed E-state index contributed by atoms with van der Waals surface area (Å²) in [5.74, 6) is -1.49. The Morgan fingerprint density at radius 1 is 0.919 bits per heavy atom. The number of fused-ring (bicyclic) bond motifs is 1. The molecule has 6 rings (SSSR count). The van der Waals surface area contributed by atoms with Crippen LogP contribution in [0.4, 0.5) is 14.5 Å². The highest BCUT2D eigenvalue weighted by Crippen LogP contribution is 2.30. The van der Waals surface area contributed by atoms with E-state index in [9.17, 15) is 8.78 Å². The third-order valence-corrected chi connectivity index (χ3v) is 8.04. The van der Waals surface area contributed by atoms with Crippen molar-refractivity contribution in [3.8, 4) is 0 Å². The number of likely N-dealkylation sites (N-methyl/N-ethyl adjacent to an activating group) is 1. The van der Waals surface area contributed by atoms with Crippen molar-refractivity contribution in [2.45, 2.75) is 18.9 Å². The Balaban J connectivity index is 1.21. The predicted octanol–water partition coefficient (Wildman–Crippen LogP) is 4.66. The normalized spacial score (nSPS) is 19.9. The molecule has 3 aliphatic rings. The van der Waals surface area contributed by atoms with Crippen LogP contribution in [0.1, 0.15) is 24.1 Å². The van der Waals surface area contributed by atoms with Crippen molar-refractivity contribution >= 4 is 39.6 Å². The number of halogens is 3. The summed E-state index contributed by atoms with van der Waals surface area (Å²) in [6, 6.07) is 8.61. The van der Waals surface area contributed by atoms with Crippen LogP contribution < -0.4 is 4.90 Å². The molecule has 192 valence electrons. The van der Waals surface area contributed by atoms with E-state index in [4.69, 9.17) is 16.6 Å². The van der Waals surface area contributed by atoms with E-state index < -0.39 is 11.6 Å². The number of rotatable bonds is 4. The minimum Gasteiger partial charge on any atom is -0.370 e. The zero-order valence-electron chi connectivity index (χ0n) is 20.8. The SMILES string of the molecule is CN1CCN(C2CCN(c3cnc4ccc(C5=CCN=C5c5cc(Cl)c(F)cc5F)nc4c3)CC2)CC1. The summed E-state index contributed by atoms with van der Waals surface area (Å²) in [4.78, 5) is 21.4. The maximum Gasteiger partial charge on any atom is 0.144 e. The smallest absolute Gasteiger partial charge is 0.144 e. The van der Waals surface area contributed by atoms with Gasteiger partial charge in [-0.2, -0.15) is 0 Å². The van der Waals surface area contributed by atoms with Gasteiger partial charge in [0.25, 0.3) is 0 Å². The van der Waals surface area contributed by atoms with Crippen molar-refractivity contribution in [1.29, 1.82) is 0 Å². The number of piperazine rings is 1. The number of benzene rings is 1. The van der Waals surface area contributed by atoms with Gasteiger partial charge in [0, 0.05) is 62.5 Å². The molecule has 0 saturated carbocycles. The van der Waals surface area contributed by atoms with Crippen molar-refractivity contribution in [3.63, 3.8) is 0 Å². The summed E-state index contributed by atoms with van der Waals surface area (Å²) in [7, 11) is 2.19. The highest BCUT2D eigenvalue weighted by molar-refractivity contribution is 6.35. The molecule has 0 bridgehead atoms. The quantitative estimate of drug-likeness (QED) is 0.466. The summed E-state index contributed by atoms with van der Waals surface area (Å²) in [5, 5.41) is -0.137. The molecule has 3 aromatic rings. The number of aromatic nitrogens is 2. The number of piperidine rings is 1. The molecule has 0 aliphatic carbocycles.